The Hall–Kier alpha value is -2.06. The first-order valence-electron chi connectivity index (χ1n) is 8.69. The number of aromatic carboxylic acids is 1. The number of hydrogen-bond acceptors (Lipinski definition) is 5. The van der Waals surface area contributed by atoms with E-state index in [1.54, 1.807) is 12.1 Å². The van der Waals surface area contributed by atoms with E-state index in [1.165, 1.54) is 6.07 Å². The van der Waals surface area contributed by atoms with E-state index in [2.05, 4.69) is 5.32 Å². The molecule has 8 heteroatoms. The molecule has 0 spiro atoms. The molecule has 1 atom stereocenters. The predicted octanol–water partition coefficient (Wildman–Crippen LogP) is 0.732. The van der Waals surface area contributed by atoms with Gasteiger partial charge in [0.15, 0.2) is 0 Å². The predicted molar refractivity (Wildman–Crippen MR) is 92.2 cm³/mol. The van der Waals surface area contributed by atoms with Gasteiger partial charge < -0.3 is 25.8 Å². The molecule has 134 valence electrons. The van der Waals surface area contributed by atoms with E-state index >= 15 is 0 Å². The Kier molecular flexibility index (Phi) is 5.29. The summed E-state index contributed by atoms with van der Waals surface area (Å²) in [5.74, 6) is -1.32. The van der Waals surface area contributed by atoms with E-state index in [0.29, 0.717) is 24.3 Å². The number of carboxylic acid groups (broad SMARTS) is 1. The Labute approximate surface area is 146 Å². The zero-order valence-corrected chi connectivity index (χ0v) is 14.0. The summed E-state index contributed by atoms with van der Waals surface area (Å²) >= 11 is 0. The summed E-state index contributed by atoms with van der Waals surface area (Å²) in [6.07, 6.45) is 4.53. The molecule has 1 amide bonds. The van der Waals surface area contributed by atoms with Gasteiger partial charge in [0.2, 0.25) is 5.91 Å². The van der Waals surface area contributed by atoms with Crippen LogP contribution in [0.25, 0.3) is 0 Å². The average molecular weight is 346 g/mol. The maximum atomic E-state index is 12.3. The smallest absolute Gasteiger partial charge is 0.534 e. The molecule has 1 fully saturated rings. The van der Waals surface area contributed by atoms with Crippen LogP contribution in [0.3, 0.4) is 0 Å². The number of para-hydroxylation sites is 1. The molecule has 3 rings (SSSR count). The van der Waals surface area contributed by atoms with E-state index in [0.717, 1.165) is 25.7 Å². The fourth-order valence-corrected chi connectivity index (χ4v) is 3.64. The summed E-state index contributed by atoms with van der Waals surface area (Å²) in [6.45, 7) is 0. The summed E-state index contributed by atoms with van der Waals surface area (Å²) in [4.78, 5) is 23.5. The minimum atomic E-state index is -1.27. The third-order valence-corrected chi connectivity index (χ3v) is 5.06. The second-order valence-corrected chi connectivity index (χ2v) is 6.97. The van der Waals surface area contributed by atoms with Crippen molar-refractivity contribution in [1.29, 1.82) is 0 Å². The van der Waals surface area contributed by atoms with Crippen molar-refractivity contribution in [2.75, 3.05) is 0 Å². The number of carbonyl (C=O) groups excluding carboxylic acids is 1. The highest BCUT2D eigenvalue weighted by Gasteiger charge is 2.38. The van der Waals surface area contributed by atoms with E-state index in [9.17, 15) is 19.7 Å². The first-order valence-corrected chi connectivity index (χ1v) is 8.69. The van der Waals surface area contributed by atoms with Gasteiger partial charge >= 0.3 is 13.1 Å². The highest BCUT2D eigenvalue weighted by molar-refractivity contribution is 6.47. The molecule has 0 radical (unpaired) electrons. The zero-order chi connectivity index (χ0) is 18.0. The van der Waals surface area contributed by atoms with Gasteiger partial charge in [-0.25, -0.2) is 4.79 Å². The van der Waals surface area contributed by atoms with Crippen LogP contribution in [0.15, 0.2) is 18.2 Å². The number of nitrogens with one attached hydrogen (secondary N) is 1. The largest absolute Gasteiger partial charge is 0.547 e. The van der Waals surface area contributed by atoms with Crippen molar-refractivity contribution in [1.82, 2.24) is 5.32 Å². The molecule has 1 unspecified atom stereocenters. The lowest BCUT2D eigenvalue weighted by Gasteiger charge is -2.30. The van der Waals surface area contributed by atoms with Crippen molar-refractivity contribution in [2.45, 2.75) is 50.5 Å². The fourth-order valence-electron chi connectivity index (χ4n) is 3.64. The van der Waals surface area contributed by atoms with Gasteiger partial charge in [0.1, 0.15) is 5.75 Å². The molecule has 1 aliphatic heterocycles. The Balaban J connectivity index is 1.61. The monoisotopic (exact) mass is 346 g/mol. The molecule has 1 aromatic carbocycles. The second kappa shape index (κ2) is 7.45. The topological polar surface area (TPSA) is 122 Å². The number of carboxylic acids is 1. The highest BCUT2D eigenvalue weighted by atomic mass is 16.5. The lowest BCUT2D eigenvalue weighted by atomic mass is 9.72. The Morgan fingerprint density at radius 1 is 1.28 bits per heavy atom. The van der Waals surface area contributed by atoms with Crippen LogP contribution in [0, 0.1) is 5.92 Å². The van der Waals surface area contributed by atoms with Gasteiger partial charge in [0.05, 0.1) is 11.5 Å². The van der Waals surface area contributed by atoms with Gasteiger partial charge in [-0.1, -0.05) is 12.1 Å². The summed E-state index contributed by atoms with van der Waals surface area (Å²) in [6, 6.07) is 5.05. The molecule has 1 aromatic rings. The second-order valence-electron chi connectivity index (χ2n) is 6.97. The SMILES string of the molecule is NC1CCC(CC(=O)NC2Cc3cccc(C(=O)O)c3OB2O)CC1. The Morgan fingerprint density at radius 2 is 2.00 bits per heavy atom. The lowest BCUT2D eigenvalue weighted by molar-refractivity contribution is -0.122. The van der Waals surface area contributed by atoms with Crippen LogP contribution in [0.4, 0.5) is 0 Å². The molecule has 5 N–H and O–H groups in total. The van der Waals surface area contributed by atoms with Crippen molar-refractivity contribution < 1.29 is 24.4 Å². The molecule has 7 nitrogen and oxygen atoms in total. The maximum absolute atomic E-state index is 12.3. The molecular formula is C17H23BN2O5. The normalized spacial score (nSPS) is 25.7. The average Bonchev–Trinajstić information content (AvgIpc) is 2.57. The molecule has 2 aliphatic rings. The molecule has 25 heavy (non-hydrogen) atoms. The van der Waals surface area contributed by atoms with Gasteiger partial charge in [-0.05, 0) is 49.7 Å². The maximum Gasteiger partial charge on any atom is 0.547 e. The minimum absolute atomic E-state index is 0.0138. The quantitative estimate of drug-likeness (QED) is 0.597. The van der Waals surface area contributed by atoms with E-state index in [4.69, 9.17) is 10.4 Å². The van der Waals surface area contributed by atoms with Crippen LogP contribution in [0.5, 0.6) is 5.75 Å². The fraction of sp³-hybridized carbons (Fsp3) is 0.529. The van der Waals surface area contributed by atoms with E-state index in [-0.39, 0.29) is 23.3 Å². The first-order chi connectivity index (χ1) is 11.9. The standard InChI is InChI=1S/C17H23BN2O5/c19-12-6-4-10(5-7-12)8-15(21)20-14-9-11-2-1-3-13(17(22)23)16(11)25-18(14)24/h1-3,10,12,14,24H,4-9,19H2,(H,20,21)(H,22,23). The van der Waals surface area contributed by atoms with Crippen molar-refractivity contribution in [3.05, 3.63) is 29.3 Å². The van der Waals surface area contributed by atoms with Crippen LogP contribution in [-0.2, 0) is 11.2 Å². The number of benzene rings is 1. The van der Waals surface area contributed by atoms with Crippen LogP contribution in [0.1, 0.15) is 48.0 Å². The number of hydrogen-bond donors (Lipinski definition) is 4. The number of rotatable bonds is 4. The summed E-state index contributed by atoms with van der Waals surface area (Å²) in [5, 5.41) is 22.2. The van der Waals surface area contributed by atoms with Gasteiger partial charge in [-0.15, -0.1) is 0 Å². The van der Waals surface area contributed by atoms with Gasteiger partial charge in [0.25, 0.3) is 0 Å². The van der Waals surface area contributed by atoms with Crippen LogP contribution in [-0.4, -0.2) is 41.1 Å². The molecular weight excluding hydrogens is 323 g/mol. The molecule has 0 aromatic heterocycles. The summed E-state index contributed by atoms with van der Waals surface area (Å²) in [5.41, 5.74) is 6.56. The van der Waals surface area contributed by atoms with Crippen molar-refractivity contribution in [3.63, 3.8) is 0 Å². The van der Waals surface area contributed by atoms with Crippen molar-refractivity contribution >= 4 is 19.0 Å². The Bertz CT molecular complexity index is 660. The van der Waals surface area contributed by atoms with Gasteiger partial charge in [0, 0.05) is 12.5 Å². The molecule has 1 saturated carbocycles. The van der Waals surface area contributed by atoms with Gasteiger partial charge in [-0.2, -0.15) is 0 Å². The summed E-state index contributed by atoms with van der Waals surface area (Å²) in [7, 11) is -1.27. The Morgan fingerprint density at radius 3 is 2.68 bits per heavy atom. The molecule has 1 heterocycles. The first kappa shape index (κ1) is 17.8. The molecule has 0 bridgehead atoms. The number of fused-ring (bicyclic) bond motifs is 1. The zero-order valence-electron chi connectivity index (χ0n) is 14.0. The van der Waals surface area contributed by atoms with Crippen LogP contribution < -0.4 is 15.7 Å². The number of nitrogens with two attached hydrogens (primary N) is 1. The highest BCUT2D eigenvalue weighted by Crippen LogP contribution is 2.30. The van der Waals surface area contributed by atoms with Crippen LogP contribution in [0.2, 0.25) is 0 Å². The van der Waals surface area contributed by atoms with Crippen molar-refractivity contribution in [2.24, 2.45) is 11.7 Å². The summed E-state index contributed by atoms with van der Waals surface area (Å²) < 4.78 is 5.39. The van der Waals surface area contributed by atoms with Crippen molar-refractivity contribution in [3.8, 4) is 5.75 Å². The minimum Gasteiger partial charge on any atom is -0.534 e. The number of carbonyl (C=O) groups is 2. The third kappa shape index (κ3) is 4.14. The number of amides is 1. The van der Waals surface area contributed by atoms with Crippen LogP contribution >= 0.6 is 0 Å². The lowest BCUT2D eigenvalue weighted by Crippen LogP contribution is -2.53. The van der Waals surface area contributed by atoms with E-state index in [1.807, 2.05) is 0 Å². The molecule has 1 aliphatic carbocycles. The third-order valence-electron chi connectivity index (χ3n) is 5.06. The molecule has 0 saturated heterocycles. The van der Waals surface area contributed by atoms with Gasteiger partial charge in [-0.3, -0.25) is 4.79 Å². The van der Waals surface area contributed by atoms with E-state index < -0.39 is 19.0 Å².